The van der Waals surface area contributed by atoms with Crippen LogP contribution in [-0.4, -0.2) is 52.5 Å². The topological polar surface area (TPSA) is 66.3 Å². The van der Waals surface area contributed by atoms with Gasteiger partial charge in [0, 0.05) is 30.3 Å². The molecule has 0 bridgehead atoms. The Morgan fingerprint density at radius 3 is 2.17 bits per heavy atom. The second kappa shape index (κ2) is 14.6. The molecule has 0 atom stereocenters. The third-order valence-electron chi connectivity index (χ3n) is 6.75. The average Bonchev–Trinajstić information content (AvgIpc) is 2.91. The van der Waals surface area contributed by atoms with E-state index in [1.165, 1.54) is 16.8 Å². The molecule has 0 radical (unpaired) electrons. The summed E-state index contributed by atoms with van der Waals surface area (Å²) in [4.78, 5) is 23.4. The lowest BCUT2D eigenvalue weighted by Gasteiger charge is -2.37. The lowest BCUT2D eigenvalue weighted by atomic mass is 9.96. The van der Waals surface area contributed by atoms with Gasteiger partial charge in [-0.2, -0.15) is 0 Å². The highest BCUT2D eigenvalue weighted by molar-refractivity contribution is 8.14. The third-order valence-corrected chi connectivity index (χ3v) is 9.67. The van der Waals surface area contributed by atoms with Gasteiger partial charge < -0.3 is 10.1 Å². The molecule has 2 aromatic rings. The number of carbonyl (C=O) groups excluding carboxylic acids is 1. The van der Waals surface area contributed by atoms with Gasteiger partial charge in [0.2, 0.25) is 0 Å². The van der Waals surface area contributed by atoms with Crippen LogP contribution in [0.3, 0.4) is 0 Å². The van der Waals surface area contributed by atoms with E-state index in [0.717, 1.165) is 34.1 Å². The summed E-state index contributed by atoms with van der Waals surface area (Å²) in [7, 11) is 0. The van der Waals surface area contributed by atoms with Gasteiger partial charge in [0.15, 0.2) is 10.3 Å². The van der Waals surface area contributed by atoms with Gasteiger partial charge in [-0.3, -0.25) is 9.89 Å². The van der Waals surface area contributed by atoms with E-state index in [1.807, 2.05) is 36.9 Å². The summed E-state index contributed by atoms with van der Waals surface area (Å²) in [5.74, 6) is 2.98. The van der Waals surface area contributed by atoms with Gasteiger partial charge in [0.05, 0.1) is 12.3 Å². The molecule has 8 heteroatoms. The van der Waals surface area contributed by atoms with Crippen LogP contribution in [0.25, 0.3) is 0 Å². The number of hydrogen-bond acceptors (Lipinski definition) is 7. The number of ether oxygens (including phenoxy) is 1. The fraction of sp³-hybridized carbons (Fsp3) is 0.545. The third kappa shape index (κ3) is 9.81. The van der Waals surface area contributed by atoms with E-state index >= 15 is 0 Å². The number of rotatable bonds is 5. The highest BCUT2D eigenvalue weighted by atomic mass is 32.2. The van der Waals surface area contributed by atoms with Crippen molar-refractivity contribution in [2.75, 3.05) is 36.5 Å². The number of amidine groups is 2. The molecule has 1 saturated heterocycles. The molecule has 1 N–H and O–H groups in total. The van der Waals surface area contributed by atoms with Crippen molar-refractivity contribution in [3.05, 3.63) is 59.7 Å². The SMILES string of the molecule is CC(C)c1ccccc1NC1=NCC(C)(C)CS1.CCOC(=O)N1CC(C)(C)CSC1=Nc1ccccc1C(C)C. The van der Waals surface area contributed by atoms with Crippen LogP contribution >= 0.6 is 23.5 Å². The summed E-state index contributed by atoms with van der Waals surface area (Å²) in [6.07, 6.45) is -0.312. The summed E-state index contributed by atoms with van der Waals surface area (Å²) in [5, 5.41) is 5.27. The van der Waals surface area contributed by atoms with Gasteiger partial charge in [-0.25, -0.2) is 9.79 Å². The number of aliphatic imine (C=N–C) groups is 2. The quantitative estimate of drug-likeness (QED) is 0.372. The standard InChI is InChI=1S/C18H26N2O2S.C15H22N2S/c1-6-22-17(21)20-11-18(4,5)12-23-16(20)19-15-10-8-7-9-14(15)13(2)3;1-11(2)12-7-5-6-8-13(12)17-14-16-9-15(3,4)10-18-14/h7-10,13H,6,11-12H2,1-5H3;5-8,11H,9-10H2,1-4H3,(H,16,17). The Morgan fingerprint density at radius 1 is 0.951 bits per heavy atom. The maximum atomic E-state index is 12.3. The normalized spacial score (nSPS) is 19.0. The average molecular weight is 597 g/mol. The van der Waals surface area contributed by atoms with E-state index in [-0.39, 0.29) is 11.5 Å². The van der Waals surface area contributed by atoms with Crippen molar-refractivity contribution in [2.24, 2.45) is 20.8 Å². The second-order valence-electron chi connectivity index (χ2n) is 12.8. The highest BCUT2D eigenvalue weighted by Crippen LogP contribution is 2.35. The Kier molecular flexibility index (Phi) is 11.8. The summed E-state index contributed by atoms with van der Waals surface area (Å²) in [6.45, 7) is 21.3. The number of thioether (sulfide) groups is 2. The Labute approximate surface area is 256 Å². The first-order valence-corrected chi connectivity index (χ1v) is 16.6. The van der Waals surface area contributed by atoms with E-state index in [4.69, 9.17) is 9.73 Å². The first kappa shape index (κ1) is 33.1. The minimum Gasteiger partial charge on any atom is -0.449 e. The molecule has 0 unspecified atom stereocenters. The minimum atomic E-state index is -0.312. The van der Waals surface area contributed by atoms with Crippen molar-refractivity contribution >= 4 is 51.3 Å². The second-order valence-corrected chi connectivity index (χ2v) is 14.7. The molecule has 224 valence electrons. The number of nitrogens with zero attached hydrogens (tertiary/aromatic N) is 3. The Morgan fingerprint density at radius 2 is 1.56 bits per heavy atom. The number of hydrogen-bond donors (Lipinski definition) is 1. The molecular formula is C33H48N4O2S2. The molecule has 2 aromatic carbocycles. The van der Waals surface area contributed by atoms with Crippen LogP contribution in [-0.2, 0) is 4.74 Å². The molecule has 2 aliphatic heterocycles. The monoisotopic (exact) mass is 596 g/mol. The Hall–Kier alpha value is -2.45. The molecule has 4 rings (SSSR count). The molecule has 1 fully saturated rings. The molecule has 0 aromatic heterocycles. The van der Waals surface area contributed by atoms with Crippen molar-refractivity contribution in [1.82, 2.24) is 4.90 Å². The summed E-state index contributed by atoms with van der Waals surface area (Å²) < 4.78 is 5.21. The van der Waals surface area contributed by atoms with Crippen LogP contribution in [0.5, 0.6) is 0 Å². The maximum Gasteiger partial charge on any atom is 0.415 e. The first-order valence-electron chi connectivity index (χ1n) is 14.6. The number of benzene rings is 2. The first-order chi connectivity index (χ1) is 19.3. The zero-order valence-corrected chi connectivity index (χ0v) is 27.9. The van der Waals surface area contributed by atoms with Gasteiger partial charge in [-0.05, 0) is 52.8 Å². The summed E-state index contributed by atoms with van der Waals surface area (Å²) >= 11 is 3.45. The van der Waals surface area contributed by atoms with E-state index < -0.39 is 0 Å². The van der Waals surface area contributed by atoms with Crippen LogP contribution in [0.1, 0.15) is 85.3 Å². The van der Waals surface area contributed by atoms with Crippen molar-refractivity contribution in [2.45, 2.75) is 74.1 Å². The van der Waals surface area contributed by atoms with E-state index in [2.05, 4.69) is 96.0 Å². The van der Waals surface area contributed by atoms with E-state index in [0.29, 0.717) is 30.4 Å². The van der Waals surface area contributed by atoms with Crippen LogP contribution in [0.2, 0.25) is 0 Å². The van der Waals surface area contributed by atoms with Crippen molar-refractivity contribution in [3.8, 4) is 0 Å². The van der Waals surface area contributed by atoms with Crippen molar-refractivity contribution in [1.29, 1.82) is 0 Å². The van der Waals surface area contributed by atoms with Crippen LogP contribution < -0.4 is 5.32 Å². The lowest BCUT2D eigenvalue weighted by Crippen LogP contribution is -2.47. The smallest absolute Gasteiger partial charge is 0.415 e. The summed E-state index contributed by atoms with van der Waals surface area (Å²) in [6, 6.07) is 16.6. The predicted octanol–water partition coefficient (Wildman–Crippen LogP) is 9.38. The van der Waals surface area contributed by atoms with Crippen LogP contribution in [0.4, 0.5) is 16.2 Å². The van der Waals surface area contributed by atoms with Crippen molar-refractivity contribution < 1.29 is 9.53 Å². The van der Waals surface area contributed by atoms with Crippen LogP contribution in [0.15, 0.2) is 58.5 Å². The molecule has 41 heavy (non-hydrogen) atoms. The van der Waals surface area contributed by atoms with Gasteiger partial charge >= 0.3 is 6.09 Å². The fourth-order valence-corrected chi connectivity index (χ4v) is 6.47. The number of nitrogens with one attached hydrogen (secondary N) is 1. The van der Waals surface area contributed by atoms with Crippen LogP contribution in [0, 0.1) is 10.8 Å². The fourth-order valence-electron chi connectivity index (χ4n) is 4.44. The predicted molar refractivity (Wildman–Crippen MR) is 180 cm³/mol. The maximum absolute atomic E-state index is 12.3. The molecular weight excluding hydrogens is 549 g/mol. The molecule has 6 nitrogen and oxygen atoms in total. The van der Waals surface area contributed by atoms with Gasteiger partial charge in [-0.15, -0.1) is 0 Å². The Balaban J connectivity index is 0.000000232. The van der Waals surface area contributed by atoms with E-state index in [9.17, 15) is 4.79 Å². The molecule has 2 heterocycles. The van der Waals surface area contributed by atoms with Crippen molar-refractivity contribution in [3.63, 3.8) is 0 Å². The number of para-hydroxylation sites is 2. The van der Waals surface area contributed by atoms with Gasteiger partial charge in [-0.1, -0.05) is 115 Å². The molecule has 0 aliphatic carbocycles. The molecule has 1 amide bonds. The zero-order chi connectivity index (χ0) is 30.2. The molecule has 0 spiro atoms. The number of carbonyl (C=O) groups is 1. The molecule has 2 aliphatic rings. The highest BCUT2D eigenvalue weighted by Gasteiger charge is 2.35. The van der Waals surface area contributed by atoms with Gasteiger partial charge in [0.25, 0.3) is 0 Å². The van der Waals surface area contributed by atoms with E-state index in [1.54, 1.807) is 16.7 Å². The zero-order valence-electron chi connectivity index (χ0n) is 26.3. The Bertz CT molecular complexity index is 1240. The number of amides is 1. The molecule has 0 saturated carbocycles. The minimum absolute atomic E-state index is 0.0496. The van der Waals surface area contributed by atoms with Gasteiger partial charge in [0.1, 0.15) is 0 Å². The number of anilines is 1. The lowest BCUT2D eigenvalue weighted by molar-refractivity contribution is 0.119. The summed E-state index contributed by atoms with van der Waals surface area (Å²) in [5.41, 5.74) is 5.04. The largest absolute Gasteiger partial charge is 0.449 e.